The Bertz CT molecular complexity index is 1240. The third-order valence-electron chi connectivity index (χ3n) is 4.42. The molecule has 178 valence electrons. The molecule has 0 aliphatic heterocycles. The summed E-state index contributed by atoms with van der Waals surface area (Å²) in [6.07, 6.45) is 2.68. The summed E-state index contributed by atoms with van der Waals surface area (Å²) in [4.78, 5) is 54.3. The molecule has 0 unspecified atom stereocenters. The van der Waals surface area contributed by atoms with Gasteiger partial charge in [0.05, 0.1) is 24.4 Å². The summed E-state index contributed by atoms with van der Waals surface area (Å²) in [5, 5.41) is 15.9. The van der Waals surface area contributed by atoms with Crippen molar-refractivity contribution in [1.82, 2.24) is 15.3 Å². The first-order chi connectivity index (χ1) is 16.4. The summed E-state index contributed by atoms with van der Waals surface area (Å²) < 4.78 is 10.7. The fourth-order valence-corrected chi connectivity index (χ4v) is 3.64. The highest BCUT2D eigenvalue weighted by atomic mass is 32.1. The van der Waals surface area contributed by atoms with Crippen LogP contribution in [0.15, 0.2) is 46.8 Å². The third-order valence-corrected chi connectivity index (χ3v) is 5.36. The average molecular weight is 487 g/mol. The molecule has 0 atom stereocenters. The van der Waals surface area contributed by atoms with Crippen molar-refractivity contribution in [2.24, 2.45) is 0 Å². The quantitative estimate of drug-likeness (QED) is 0.297. The number of benzene rings is 1. The van der Waals surface area contributed by atoms with Gasteiger partial charge in [0.25, 0.3) is 5.91 Å². The van der Waals surface area contributed by atoms with Crippen molar-refractivity contribution < 1.29 is 29.0 Å². The Balaban J connectivity index is 1.82. The minimum absolute atomic E-state index is 0.0559. The largest absolute Gasteiger partial charge is 0.489 e. The number of thiazole rings is 1. The first kappa shape index (κ1) is 24.6. The first-order valence-electron chi connectivity index (χ1n) is 10.0. The Morgan fingerprint density at radius 1 is 1.21 bits per heavy atom. The molecule has 0 radical (unpaired) electrons. The molecule has 12 heteroatoms. The van der Waals surface area contributed by atoms with Gasteiger partial charge in [-0.05, 0) is 18.2 Å². The van der Waals surface area contributed by atoms with Crippen LogP contribution in [0.2, 0.25) is 0 Å². The van der Waals surface area contributed by atoms with Gasteiger partial charge in [-0.25, -0.2) is 4.98 Å². The van der Waals surface area contributed by atoms with Gasteiger partial charge in [-0.1, -0.05) is 0 Å². The van der Waals surface area contributed by atoms with Crippen LogP contribution in [0.4, 0.5) is 5.69 Å². The van der Waals surface area contributed by atoms with Gasteiger partial charge >= 0.3 is 5.97 Å². The van der Waals surface area contributed by atoms with Crippen molar-refractivity contribution in [3.8, 4) is 16.3 Å². The number of carbonyl (C=O) groups excluding carboxylic acids is 2. The number of aliphatic carboxylic acids is 1. The lowest BCUT2D eigenvalue weighted by molar-refractivity contribution is -0.137. The summed E-state index contributed by atoms with van der Waals surface area (Å²) in [7, 11) is 1.54. The maximum atomic E-state index is 12.7. The molecular weight excluding hydrogens is 464 g/mol. The molecule has 1 aromatic carbocycles. The van der Waals surface area contributed by atoms with Crippen molar-refractivity contribution in [2.75, 3.05) is 32.2 Å². The van der Waals surface area contributed by atoms with Crippen molar-refractivity contribution >= 4 is 34.8 Å². The van der Waals surface area contributed by atoms with Gasteiger partial charge in [-0.2, -0.15) is 0 Å². The van der Waals surface area contributed by atoms with Crippen LogP contribution in [0.25, 0.3) is 10.6 Å². The summed E-state index contributed by atoms with van der Waals surface area (Å²) in [5.41, 5.74) is 0.973. The minimum Gasteiger partial charge on any atom is -0.489 e. The fourth-order valence-electron chi connectivity index (χ4n) is 2.83. The normalized spacial score (nSPS) is 10.5. The van der Waals surface area contributed by atoms with E-state index in [1.54, 1.807) is 30.7 Å². The predicted molar refractivity (Wildman–Crippen MR) is 124 cm³/mol. The lowest BCUT2D eigenvalue weighted by atomic mass is 10.1. The van der Waals surface area contributed by atoms with E-state index in [0.29, 0.717) is 34.3 Å². The number of carbonyl (C=O) groups is 3. The summed E-state index contributed by atoms with van der Waals surface area (Å²) in [6.45, 7) is 0.123. The van der Waals surface area contributed by atoms with Crippen LogP contribution in [-0.2, 0) is 20.7 Å². The number of methoxy groups -OCH3 is 1. The standard InChI is InChI=1S/C22H22N4O7S/c1-32-6-7-33-18-3-2-13(8-16(18)26-21(31)15-10-23-5-4-17(15)27)22-25-14(12-34-22)9-19(28)24-11-20(29)30/h2-5,8,10,12H,6-7,9,11H2,1H3,(H,23,27)(H,24,28)(H,26,31)(H,29,30). The number of amides is 2. The number of aromatic amines is 1. The SMILES string of the molecule is COCCOc1ccc(-c2nc(CC(=O)NCC(=O)O)cs2)cc1NC(=O)c1c[nH]ccc1=O. The number of hydrogen-bond donors (Lipinski definition) is 4. The van der Waals surface area contributed by atoms with Crippen molar-refractivity contribution in [2.45, 2.75) is 6.42 Å². The minimum atomic E-state index is -1.13. The number of pyridine rings is 1. The van der Waals surface area contributed by atoms with Crippen LogP contribution in [-0.4, -0.2) is 59.7 Å². The summed E-state index contributed by atoms with van der Waals surface area (Å²) in [6, 6.07) is 6.33. The Kier molecular flexibility index (Phi) is 8.48. The molecule has 0 fully saturated rings. The molecular formula is C22H22N4O7S. The van der Waals surface area contributed by atoms with E-state index in [0.717, 1.165) is 0 Å². The van der Waals surface area contributed by atoms with Crippen LogP contribution in [0.5, 0.6) is 5.75 Å². The van der Waals surface area contributed by atoms with Gasteiger partial charge in [-0.15, -0.1) is 11.3 Å². The molecule has 2 aromatic heterocycles. The molecule has 4 N–H and O–H groups in total. The van der Waals surface area contributed by atoms with Gasteiger partial charge in [0, 0.05) is 36.5 Å². The van der Waals surface area contributed by atoms with E-state index in [-0.39, 0.29) is 18.6 Å². The van der Waals surface area contributed by atoms with E-state index in [9.17, 15) is 19.2 Å². The number of carboxylic acid groups (broad SMARTS) is 1. The van der Waals surface area contributed by atoms with E-state index in [1.807, 2.05) is 0 Å². The van der Waals surface area contributed by atoms with Crippen LogP contribution >= 0.6 is 11.3 Å². The zero-order valence-electron chi connectivity index (χ0n) is 18.1. The van der Waals surface area contributed by atoms with Crippen LogP contribution in [0, 0.1) is 0 Å². The topological polar surface area (TPSA) is 160 Å². The van der Waals surface area contributed by atoms with E-state index in [4.69, 9.17) is 14.6 Å². The number of nitrogens with one attached hydrogen (secondary N) is 3. The number of rotatable bonds is 11. The Labute approximate surface area is 197 Å². The molecule has 2 amide bonds. The predicted octanol–water partition coefficient (Wildman–Crippen LogP) is 1.52. The van der Waals surface area contributed by atoms with Gasteiger partial charge in [0.1, 0.15) is 29.5 Å². The molecule has 3 rings (SSSR count). The van der Waals surface area contributed by atoms with Gasteiger partial charge in [0.15, 0.2) is 5.43 Å². The fraction of sp³-hybridized carbons (Fsp3) is 0.227. The van der Waals surface area contributed by atoms with Crippen molar-refractivity contribution in [1.29, 1.82) is 0 Å². The molecule has 3 aromatic rings. The van der Waals surface area contributed by atoms with Crippen LogP contribution in [0.1, 0.15) is 16.1 Å². The summed E-state index contributed by atoms with van der Waals surface area (Å²) in [5.74, 6) is -1.81. The smallest absolute Gasteiger partial charge is 0.322 e. The lowest BCUT2D eigenvalue weighted by Gasteiger charge is -2.13. The molecule has 0 aliphatic carbocycles. The second kappa shape index (κ2) is 11.7. The first-order valence-corrected chi connectivity index (χ1v) is 10.9. The molecule has 0 saturated heterocycles. The monoisotopic (exact) mass is 486 g/mol. The summed E-state index contributed by atoms with van der Waals surface area (Å²) >= 11 is 1.29. The lowest BCUT2D eigenvalue weighted by Crippen LogP contribution is -2.30. The highest BCUT2D eigenvalue weighted by Gasteiger charge is 2.16. The highest BCUT2D eigenvalue weighted by Crippen LogP contribution is 2.32. The highest BCUT2D eigenvalue weighted by molar-refractivity contribution is 7.13. The van der Waals surface area contributed by atoms with E-state index < -0.39 is 29.8 Å². The zero-order chi connectivity index (χ0) is 24.5. The van der Waals surface area contributed by atoms with Crippen LogP contribution < -0.4 is 20.8 Å². The Hall–Kier alpha value is -4.03. The number of H-pyrrole nitrogens is 1. The number of hydrogen-bond acceptors (Lipinski definition) is 8. The molecule has 0 aliphatic rings. The number of nitrogens with zero attached hydrogens (tertiary/aromatic N) is 1. The number of ether oxygens (including phenoxy) is 2. The zero-order valence-corrected chi connectivity index (χ0v) is 18.9. The number of carboxylic acids is 1. The molecule has 0 spiro atoms. The Morgan fingerprint density at radius 2 is 2.03 bits per heavy atom. The van der Waals surface area contributed by atoms with E-state index >= 15 is 0 Å². The number of aromatic nitrogens is 2. The second-order valence-corrected chi connectivity index (χ2v) is 7.78. The Morgan fingerprint density at radius 3 is 2.76 bits per heavy atom. The van der Waals surface area contributed by atoms with E-state index in [1.165, 1.54) is 29.8 Å². The third kappa shape index (κ3) is 6.73. The number of anilines is 1. The molecule has 11 nitrogen and oxygen atoms in total. The van der Waals surface area contributed by atoms with Crippen LogP contribution in [0.3, 0.4) is 0 Å². The van der Waals surface area contributed by atoms with Crippen molar-refractivity contribution in [3.05, 3.63) is 63.5 Å². The maximum Gasteiger partial charge on any atom is 0.322 e. The maximum absolute atomic E-state index is 12.7. The van der Waals surface area contributed by atoms with E-state index in [2.05, 4.69) is 20.6 Å². The molecule has 2 heterocycles. The molecule has 34 heavy (non-hydrogen) atoms. The average Bonchev–Trinajstić information content (AvgIpc) is 3.27. The second-order valence-electron chi connectivity index (χ2n) is 6.92. The molecule has 0 saturated carbocycles. The van der Waals surface area contributed by atoms with Gasteiger partial charge in [0.2, 0.25) is 5.91 Å². The van der Waals surface area contributed by atoms with Gasteiger partial charge < -0.3 is 30.2 Å². The van der Waals surface area contributed by atoms with Crippen molar-refractivity contribution in [3.63, 3.8) is 0 Å². The van der Waals surface area contributed by atoms with Gasteiger partial charge in [-0.3, -0.25) is 19.2 Å². The molecule has 0 bridgehead atoms.